The molecule has 0 bridgehead atoms. The number of rotatable bonds is 4. The lowest BCUT2D eigenvalue weighted by atomic mass is 10.0. The van der Waals surface area contributed by atoms with Crippen molar-refractivity contribution in [2.24, 2.45) is 4.99 Å². The highest BCUT2D eigenvalue weighted by molar-refractivity contribution is 7.22. The third-order valence-corrected chi connectivity index (χ3v) is 8.67. The fourth-order valence-electron chi connectivity index (χ4n) is 5.70. The number of thiazole rings is 1. The summed E-state index contributed by atoms with van der Waals surface area (Å²) < 4.78 is 3.59. The van der Waals surface area contributed by atoms with Crippen LogP contribution in [0.4, 0.5) is 0 Å². The minimum atomic E-state index is -0.173. The Kier molecular flexibility index (Phi) is 5.35. The van der Waals surface area contributed by atoms with E-state index in [1.54, 1.807) is 11.3 Å². The third kappa shape index (κ3) is 3.67. The summed E-state index contributed by atoms with van der Waals surface area (Å²) in [5.74, 6) is 0.872. The van der Waals surface area contributed by atoms with E-state index in [0.29, 0.717) is 0 Å². The number of amidine groups is 1. The zero-order chi connectivity index (χ0) is 26.5. The first-order valence-corrected chi connectivity index (χ1v) is 14.2. The Labute approximate surface area is 235 Å². The summed E-state index contributed by atoms with van der Waals surface area (Å²) in [6.07, 6.45) is 2.13. The minimum Gasteiger partial charge on any atom is -0.345 e. The second kappa shape index (κ2) is 9.33. The van der Waals surface area contributed by atoms with E-state index < -0.39 is 0 Å². The monoisotopic (exact) mass is 532 g/mol. The van der Waals surface area contributed by atoms with Gasteiger partial charge in [0.25, 0.3) is 0 Å². The summed E-state index contributed by atoms with van der Waals surface area (Å²) in [5, 5.41) is 7.02. The summed E-state index contributed by atoms with van der Waals surface area (Å²) in [7, 11) is 0. The topological polar surface area (TPSA) is 42.2 Å². The molecule has 7 aromatic rings. The quantitative estimate of drug-likeness (QED) is 0.246. The Hall–Kier alpha value is -5.00. The molecule has 0 saturated carbocycles. The van der Waals surface area contributed by atoms with Gasteiger partial charge in [-0.05, 0) is 23.8 Å². The van der Waals surface area contributed by atoms with Crippen LogP contribution in [0.5, 0.6) is 0 Å². The first-order chi connectivity index (χ1) is 19.8. The van der Waals surface area contributed by atoms with Crippen LogP contribution in [0, 0.1) is 0 Å². The standard InChI is InChI=1S/C35H24N4S/c1-4-12-23(13-5-1)32-30(22-36-34(38-32)24-14-6-2-7-15-24)39-28-19-11-10-18-26(28)31-29(39)21-20-27-33(31)40-35(37-27)25-16-8-3-9-17-25/h1-22,32H,(H,36,38). The van der Waals surface area contributed by atoms with Gasteiger partial charge < -0.3 is 9.88 Å². The normalized spacial score (nSPS) is 15.2. The molecule has 5 heteroatoms. The number of fused-ring (bicyclic) bond motifs is 5. The van der Waals surface area contributed by atoms with Crippen LogP contribution in [-0.2, 0) is 0 Å². The Morgan fingerprint density at radius 3 is 2.10 bits per heavy atom. The Balaban J connectivity index is 1.37. The number of nitrogens with zero attached hydrogens (tertiary/aromatic N) is 3. The van der Waals surface area contributed by atoms with Crippen molar-refractivity contribution in [2.45, 2.75) is 6.04 Å². The van der Waals surface area contributed by atoms with Crippen molar-refractivity contribution in [2.75, 3.05) is 0 Å². The second-order valence-electron chi connectivity index (χ2n) is 9.92. The molecule has 1 unspecified atom stereocenters. The summed E-state index contributed by atoms with van der Waals surface area (Å²) >= 11 is 1.76. The van der Waals surface area contributed by atoms with Crippen LogP contribution in [0.2, 0.25) is 0 Å². The molecule has 2 aromatic heterocycles. The zero-order valence-corrected chi connectivity index (χ0v) is 22.3. The van der Waals surface area contributed by atoms with E-state index in [4.69, 9.17) is 9.98 Å². The van der Waals surface area contributed by atoms with Crippen molar-refractivity contribution in [1.29, 1.82) is 0 Å². The van der Waals surface area contributed by atoms with Gasteiger partial charge in [0.2, 0.25) is 0 Å². The Morgan fingerprint density at radius 2 is 1.32 bits per heavy atom. The fourth-order valence-corrected chi connectivity index (χ4v) is 6.82. The molecule has 0 aliphatic carbocycles. The molecular formula is C35H24N4S. The van der Waals surface area contributed by atoms with Crippen molar-refractivity contribution < 1.29 is 0 Å². The Morgan fingerprint density at radius 1 is 0.650 bits per heavy atom. The maximum absolute atomic E-state index is 5.29. The molecule has 190 valence electrons. The molecule has 8 rings (SSSR count). The van der Waals surface area contributed by atoms with Gasteiger partial charge in [0.05, 0.1) is 26.9 Å². The van der Waals surface area contributed by atoms with Gasteiger partial charge in [-0.1, -0.05) is 109 Å². The van der Waals surface area contributed by atoms with Gasteiger partial charge in [0.15, 0.2) is 0 Å². The SMILES string of the molecule is C1=C(n2c3ccccc3c3c4sc(-c5ccccc5)nc4ccc32)C(c2ccccc2)N=C(c2ccccc2)N1. The predicted molar refractivity (Wildman–Crippen MR) is 168 cm³/mol. The lowest BCUT2D eigenvalue weighted by Crippen LogP contribution is -2.26. The molecule has 1 aliphatic heterocycles. The van der Waals surface area contributed by atoms with Crippen LogP contribution in [-0.4, -0.2) is 15.4 Å². The number of para-hydroxylation sites is 1. The molecule has 0 radical (unpaired) electrons. The highest BCUT2D eigenvalue weighted by Crippen LogP contribution is 2.43. The molecule has 4 nitrogen and oxygen atoms in total. The van der Waals surface area contributed by atoms with Crippen LogP contribution in [0.15, 0.2) is 139 Å². The fraction of sp³-hybridized carbons (Fsp3) is 0.0286. The zero-order valence-electron chi connectivity index (χ0n) is 21.5. The van der Waals surface area contributed by atoms with Crippen LogP contribution in [0.1, 0.15) is 17.2 Å². The van der Waals surface area contributed by atoms with E-state index in [1.807, 2.05) is 24.3 Å². The van der Waals surface area contributed by atoms with Crippen LogP contribution in [0.25, 0.3) is 48.3 Å². The van der Waals surface area contributed by atoms with Crippen LogP contribution >= 0.6 is 11.3 Å². The summed E-state index contributed by atoms with van der Waals surface area (Å²) in [4.78, 5) is 10.3. The van der Waals surface area contributed by atoms with Gasteiger partial charge in [-0.25, -0.2) is 4.98 Å². The van der Waals surface area contributed by atoms with E-state index in [9.17, 15) is 0 Å². The van der Waals surface area contributed by atoms with E-state index >= 15 is 0 Å². The van der Waals surface area contributed by atoms with Crippen LogP contribution < -0.4 is 5.32 Å². The largest absolute Gasteiger partial charge is 0.345 e. The number of aromatic nitrogens is 2. The molecule has 0 amide bonds. The van der Waals surface area contributed by atoms with E-state index in [-0.39, 0.29) is 6.04 Å². The number of nitrogens with one attached hydrogen (secondary N) is 1. The van der Waals surface area contributed by atoms with Gasteiger partial charge in [0.1, 0.15) is 16.9 Å². The summed E-state index contributed by atoms with van der Waals surface area (Å²) in [6.45, 7) is 0. The third-order valence-electron chi connectivity index (χ3n) is 7.53. The maximum atomic E-state index is 5.29. The molecule has 0 saturated heterocycles. The number of hydrogen-bond donors (Lipinski definition) is 1. The highest BCUT2D eigenvalue weighted by atomic mass is 32.1. The molecule has 1 atom stereocenters. The van der Waals surface area contributed by atoms with Gasteiger partial charge >= 0.3 is 0 Å². The van der Waals surface area contributed by atoms with Gasteiger partial charge in [-0.15, -0.1) is 11.3 Å². The average Bonchev–Trinajstić information content (AvgIpc) is 3.62. The van der Waals surface area contributed by atoms with E-state index in [2.05, 4.69) is 119 Å². The predicted octanol–water partition coefficient (Wildman–Crippen LogP) is 8.66. The minimum absolute atomic E-state index is 0.173. The van der Waals surface area contributed by atoms with E-state index in [0.717, 1.165) is 49.8 Å². The van der Waals surface area contributed by atoms with Crippen molar-refractivity contribution in [3.63, 3.8) is 0 Å². The lowest BCUT2D eigenvalue weighted by Gasteiger charge is -2.26. The number of aliphatic imine (C=N–C) groups is 1. The molecule has 1 N–H and O–H groups in total. The molecule has 0 fully saturated rings. The summed E-state index contributed by atoms with van der Waals surface area (Å²) in [5.41, 5.74) is 7.80. The van der Waals surface area contributed by atoms with Crippen molar-refractivity contribution >= 4 is 54.9 Å². The van der Waals surface area contributed by atoms with Gasteiger partial charge in [0, 0.05) is 28.1 Å². The van der Waals surface area contributed by atoms with Gasteiger partial charge in [-0.2, -0.15) is 0 Å². The molecule has 0 spiro atoms. The maximum Gasteiger partial charge on any atom is 0.133 e. The molecule has 40 heavy (non-hydrogen) atoms. The van der Waals surface area contributed by atoms with Crippen molar-refractivity contribution in [3.8, 4) is 10.6 Å². The number of hydrogen-bond acceptors (Lipinski definition) is 4. The Bertz CT molecular complexity index is 2070. The molecular weight excluding hydrogens is 508 g/mol. The first kappa shape index (κ1) is 22.9. The molecule has 5 aromatic carbocycles. The van der Waals surface area contributed by atoms with Crippen molar-refractivity contribution in [3.05, 3.63) is 145 Å². The lowest BCUT2D eigenvalue weighted by molar-refractivity contribution is 0.845. The molecule has 1 aliphatic rings. The van der Waals surface area contributed by atoms with Gasteiger partial charge in [-0.3, -0.25) is 4.99 Å². The smallest absolute Gasteiger partial charge is 0.133 e. The summed E-state index contributed by atoms with van der Waals surface area (Å²) in [6, 6.07) is 44.2. The molecule has 3 heterocycles. The first-order valence-electron chi connectivity index (χ1n) is 13.4. The highest BCUT2D eigenvalue weighted by Gasteiger charge is 2.26. The second-order valence-corrected chi connectivity index (χ2v) is 10.9. The number of benzene rings is 5. The average molecular weight is 533 g/mol. The van der Waals surface area contributed by atoms with Crippen LogP contribution in [0.3, 0.4) is 0 Å². The van der Waals surface area contributed by atoms with E-state index in [1.165, 1.54) is 15.5 Å². The van der Waals surface area contributed by atoms with Crippen molar-refractivity contribution in [1.82, 2.24) is 14.9 Å².